The molecule has 0 spiro atoms. The van der Waals surface area contributed by atoms with Gasteiger partial charge < -0.3 is 0 Å². The first-order valence-corrected chi connectivity index (χ1v) is 6.47. The second-order valence-electron chi connectivity index (χ2n) is 3.83. The molecule has 0 radical (unpaired) electrons. The van der Waals surface area contributed by atoms with Crippen LogP contribution in [0.25, 0.3) is 0 Å². The summed E-state index contributed by atoms with van der Waals surface area (Å²) in [6.07, 6.45) is 1.16. The molecule has 0 aromatic heterocycles. The minimum absolute atomic E-state index is 0.805. The molecule has 0 saturated heterocycles. The number of halogens is 1. The largest absolute Gasteiger partial charge is 0.126 e. The molecule has 15 heavy (non-hydrogen) atoms. The average molecular weight is 241 g/mol. The van der Waals surface area contributed by atoms with Gasteiger partial charge in [-0.2, -0.15) is 0 Å². The van der Waals surface area contributed by atoms with E-state index in [9.17, 15) is 0 Å². The molecule has 0 fully saturated rings. The Balaban J connectivity index is 2.38. The van der Waals surface area contributed by atoms with Gasteiger partial charge in [0.15, 0.2) is 0 Å². The molecule has 0 unspecified atom stereocenters. The summed E-state index contributed by atoms with van der Waals surface area (Å²) in [4.78, 5) is 1.29. The van der Waals surface area contributed by atoms with E-state index < -0.39 is 0 Å². The number of hydrogen-bond donors (Lipinski definition) is 0. The molecular formula is C13H17ClS. The summed E-state index contributed by atoms with van der Waals surface area (Å²) >= 11 is 7.70. The van der Waals surface area contributed by atoms with E-state index in [-0.39, 0.29) is 0 Å². The highest BCUT2D eigenvalue weighted by Gasteiger charge is 1.96. The first kappa shape index (κ1) is 12.7. The fraction of sp³-hybridized carbons (Fsp3) is 0.385. The van der Waals surface area contributed by atoms with Crippen molar-refractivity contribution in [2.45, 2.75) is 32.1 Å². The number of rotatable bonds is 4. The summed E-state index contributed by atoms with van der Waals surface area (Å²) in [7, 11) is 0. The molecule has 0 atom stereocenters. The van der Waals surface area contributed by atoms with Gasteiger partial charge in [-0.05, 0) is 51.5 Å². The summed E-state index contributed by atoms with van der Waals surface area (Å²) in [6, 6.07) is 8.03. The van der Waals surface area contributed by atoms with Gasteiger partial charge in [-0.1, -0.05) is 22.7 Å². The third-order valence-electron chi connectivity index (χ3n) is 2.41. The van der Waals surface area contributed by atoms with Crippen molar-refractivity contribution >= 4 is 23.4 Å². The Kier molecular flexibility index (Phi) is 5.27. The Bertz CT molecular complexity index is 334. The van der Waals surface area contributed by atoms with E-state index in [0.717, 1.165) is 17.2 Å². The third-order valence-corrected chi connectivity index (χ3v) is 3.68. The minimum Gasteiger partial charge on any atom is -0.126 e. The van der Waals surface area contributed by atoms with Crippen LogP contribution >= 0.6 is 23.4 Å². The van der Waals surface area contributed by atoms with Gasteiger partial charge in [0.2, 0.25) is 0 Å². The molecule has 0 aliphatic heterocycles. The zero-order valence-corrected chi connectivity index (χ0v) is 11.1. The van der Waals surface area contributed by atoms with Crippen molar-refractivity contribution in [3.8, 4) is 0 Å². The van der Waals surface area contributed by atoms with Gasteiger partial charge in [0.1, 0.15) is 0 Å². The molecule has 0 saturated carbocycles. The lowest BCUT2D eigenvalue weighted by atomic mass is 10.1. The molecule has 0 bridgehead atoms. The number of thioether (sulfide) groups is 1. The van der Waals surface area contributed by atoms with Crippen LogP contribution in [0.15, 0.2) is 40.3 Å². The normalized spacial score (nSPS) is 10.1. The van der Waals surface area contributed by atoms with Crippen LogP contribution in [0.1, 0.15) is 27.2 Å². The molecule has 1 aromatic rings. The van der Waals surface area contributed by atoms with Crippen molar-refractivity contribution in [3.63, 3.8) is 0 Å². The fourth-order valence-electron chi connectivity index (χ4n) is 1.10. The predicted octanol–water partition coefficient (Wildman–Crippen LogP) is 5.18. The van der Waals surface area contributed by atoms with E-state index in [1.165, 1.54) is 16.0 Å². The van der Waals surface area contributed by atoms with E-state index in [4.69, 9.17) is 11.6 Å². The van der Waals surface area contributed by atoms with Crippen LogP contribution in [-0.4, -0.2) is 5.75 Å². The highest BCUT2D eigenvalue weighted by molar-refractivity contribution is 7.99. The van der Waals surface area contributed by atoms with Gasteiger partial charge >= 0.3 is 0 Å². The first-order chi connectivity index (χ1) is 7.09. The van der Waals surface area contributed by atoms with E-state index in [2.05, 4.69) is 32.9 Å². The highest BCUT2D eigenvalue weighted by Crippen LogP contribution is 2.22. The molecule has 1 aromatic carbocycles. The lowest BCUT2D eigenvalue weighted by molar-refractivity contribution is 1.06. The predicted molar refractivity (Wildman–Crippen MR) is 70.8 cm³/mol. The summed E-state index contributed by atoms with van der Waals surface area (Å²) in [5.41, 5.74) is 2.93. The van der Waals surface area contributed by atoms with Gasteiger partial charge in [0.05, 0.1) is 0 Å². The summed E-state index contributed by atoms with van der Waals surface area (Å²) in [5.74, 6) is 1.14. The van der Waals surface area contributed by atoms with Crippen molar-refractivity contribution in [2.75, 3.05) is 5.75 Å². The zero-order chi connectivity index (χ0) is 11.3. The first-order valence-electron chi connectivity index (χ1n) is 5.11. The second kappa shape index (κ2) is 6.24. The average Bonchev–Trinajstić information content (AvgIpc) is 2.20. The van der Waals surface area contributed by atoms with Crippen LogP contribution in [0, 0.1) is 0 Å². The van der Waals surface area contributed by atoms with Crippen LogP contribution in [-0.2, 0) is 0 Å². The molecular weight excluding hydrogens is 224 g/mol. The van der Waals surface area contributed by atoms with Gasteiger partial charge in [0.25, 0.3) is 0 Å². The Morgan fingerprint density at radius 1 is 1.13 bits per heavy atom. The maximum Gasteiger partial charge on any atom is 0.0406 e. The molecule has 0 heterocycles. The smallest absolute Gasteiger partial charge is 0.0406 e. The van der Waals surface area contributed by atoms with Crippen LogP contribution in [0.4, 0.5) is 0 Å². The van der Waals surface area contributed by atoms with E-state index in [1.807, 2.05) is 23.9 Å². The molecule has 2 heteroatoms. The third kappa shape index (κ3) is 4.76. The SMILES string of the molecule is CC(C)=C(C)CCSc1ccc(Cl)cc1. The van der Waals surface area contributed by atoms with Gasteiger partial charge in [-0.25, -0.2) is 0 Å². The van der Waals surface area contributed by atoms with Gasteiger partial charge in [-0.3, -0.25) is 0 Å². The van der Waals surface area contributed by atoms with Crippen LogP contribution in [0.5, 0.6) is 0 Å². The Hall–Kier alpha value is -0.400. The second-order valence-corrected chi connectivity index (χ2v) is 5.44. The van der Waals surface area contributed by atoms with Crippen molar-refractivity contribution in [1.82, 2.24) is 0 Å². The summed E-state index contributed by atoms with van der Waals surface area (Å²) in [6.45, 7) is 6.54. The van der Waals surface area contributed by atoms with Gasteiger partial charge in [0, 0.05) is 15.7 Å². The molecule has 0 nitrogen and oxygen atoms in total. The maximum atomic E-state index is 5.82. The van der Waals surface area contributed by atoms with Crippen molar-refractivity contribution < 1.29 is 0 Å². The lowest BCUT2D eigenvalue weighted by Gasteiger charge is -2.04. The number of benzene rings is 1. The molecule has 82 valence electrons. The van der Waals surface area contributed by atoms with Crippen LogP contribution in [0.3, 0.4) is 0 Å². The summed E-state index contributed by atoms with van der Waals surface area (Å²) in [5, 5.41) is 0.805. The Morgan fingerprint density at radius 3 is 2.27 bits per heavy atom. The zero-order valence-electron chi connectivity index (χ0n) is 9.51. The molecule has 1 rings (SSSR count). The van der Waals surface area contributed by atoms with E-state index in [0.29, 0.717) is 0 Å². The van der Waals surface area contributed by atoms with Gasteiger partial charge in [-0.15, -0.1) is 11.8 Å². The quantitative estimate of drug-likeness (QED) is 0.516. The standard InChI is InChI=1S/C13H17ClS/c1-10(2)11(3)8-9-15-13-6-4-12(14)5-7-13/h4-7H,8-9H2,1-3H3. The van der Waals surface area contributed by atoms with E-state index >= 15 is 0 Å². The molecule has 0 aliphatic carbocycles. The van der Waals surface area contributed by atoms with Crippen molar-refractivity contribution in [1.29, 1.82) is 0 Å². The number of hydrogen-bond acceptors (Lipinski definition) is 1. The molecule has 0 amide bonds. The molecule has 0 aliphatic rings. The Morgan fingerprint density at radius 2 is 1.73 bits per heavy atom. The van der Waals surface area contributed by atoms with Crippen molar-refractivity contribution in [3.05, 3.63) is 40.4 Å². The van der Waals surface area contributed by atoms with E-state index in [1.54, 1.807) is 0 Å². The van der Waals surface area contributed by atoms with Crippen LogP contribution in [0.2, 0.25) is 5.02 Å². The lowest BCUT2D eigenvalue weighted by Crippen LogP contribution is -1.84. The highest BCUT2D eigenvalue weighted by atomic mass is 35.5. The monoisotopic (exact) mass is 240 g/mol. The topological polar surface area (TPSA) is 0 Å². The maximum absolute atomic E-state index is 5.82. The Labute approximate surface area is 102 Å². The van der Waals surface area contributed by atoms with Crippen molar-refractivity contribution in [2.24, 2.45) is 0 Å². The number of allylic oxidation sites excluding steroid dienone is 2. The fourth-order valence-corrected chi connectivity index (χ4v) is 2.20. The summed E-state index contributed by atoms with van der Waals surface area (Å²) < 4.78 is 0. The minimum atomic E-state index is 0.805. The van der Waals surface area contributed by atoms with Crippen LogP contribution < -0.4 is 0 Å². The molecule has 0 N–H and O–H groups in total.